The summed E-state index contributed by atoms with van der Waals surface area (Å²) in [5.41, 5.74) is 0. The third kappa shape index (κ3) is 2.82. The molecule has 2 aliphatic rings. The molecule has 2 atom stereocenters. The summed E-state index contributed by atoms with van der Waals surface area (Å²) in [5, 5.41) is 4.03. The molecule has 0 aromatic heterocycles. The van der Waals surface area contributed by atoms with E-state index in [2.05, 4.69) is 5.32 Å². The number of rotatable bonds is 5. The van der Waals surface area contributed by atoms with E-state index < -0.39 is 0 Å². The molecule has 4 heteroatoms. The van der Waals surface area contributed by atoms with E-state index in [4.69, 9.17) is 21.1 Å². The molecule has 3 nitrogen and oxygen atoms in total. The van der Waals surface area contributed by atoms with Gasteiger partial charge in [0.25, 0.3) is 0 Å². The Morgan fingerprint density at radius 1 is 1.26 bits per heavy atom. The lowest BCUT2D eigenvalue weighted by Crippen LogP contribution is -2.31. The van der Waals surface area contributed by atoms with Crippen molar-refractivity contribution in [3.63, 3.8) is 0 Å². The van der Waals surface area contributed by atoms with Gasteiger partial charge in [-0.15, -0.1) is 0 Å². The second-order valence-electron chi connectivity index (χ2n) is 5.44. The van der Waals surface area contributed by atoms with E-state index in [1.807, 2.05) is 18.2 Å². The Kier molecular flexibility index (Phi) is 3.85. The summed E-state index contributed by atoms with van der Waals surface area (Å²) in [7, 11) is 1.64. The summed E-state index contributed by atoms with van der Waals surface area (Å²) in [6.07, 6.45) is 4.06. The average molecular weight is 282 g/mol. The minimum atomic E-state index is 0.294. The van der Waals surface area contributed by atoms with Crippen molar-refractivity contribution in [1.82, 2.24) is 5.32 Å². The maximum Gasteiger partial charge on any atom is 0.179 e. The summed E-state index contributed by atoms with van der Waals surface area (Å²) in [5.74, 6) is 2.74. The Hall–Kier alpha value is -0.930. The van der Waals surface area contributed by atoms with Crippen molar-refractivity contribution >= 4 is 11.6 Å². The van der Waals surface area contributed by atoms with Crippen LogP contribution in [-0.4, -0.2) is 26.3 Å². The lowest BCUT2D eigenvalue weighted by atomic mass is 9.97. The number of hydrogen-bond acceptors (Lipinski definition) is 3. The average Bonchev–Trinajstić information content (AvgIpc) is 3.10. The first-order valence-electron chi connectivity index (χ1n) is 6.99. The van der Waals surface area contributed by atoms with Crippen molar-refractivity contribution in [2.24, 2.45) is 11.8 Å². The van der Waals surface area contributed by atoms with Crippen LogP contribution in [0.3, 0.4) is 0 Å². The molecule has 0 amide bonds. The molecular formula is C15H20ClNO2. The molecule has 104 valence electrons. The fourth-order valence-electron chi connectivity index (χ4n) is 2.89. The van der Waals surface area contributed by atoms with Gasteiger partial charge in [0.1, 0.15) is 6.10 Å². The Bertz CT molecular complexity index is 442. The van der Waals surface area contributed by atoms with Crippen LogP contribution >= 0.6 is 11.6 Å². The number of halogens is 1. The highest BCUT2D eigenvalue weighted by molar-refractivity contribution is 6.32. The minimum Gasteiger partial charge on any atom is -0.491 e. The highest BCUT2D eigenvalue weighted by Crippen LogP contribution is 2.42. The van der Waals surface area contributed by atoms with E-state index >= 15 is 0 Å². The number of nitrogens with one attached hydrogen (secondary N) is 1. The highest BCUT2D eigenvalue weighted by Gasteiger charge is 2.39. The predicted molar refractivity (Wildman–Crippen MR) is 76.1 cm³/mol. The van der Waals surface area contributed by atoms with Crippen molar-refractivity contribution in [3.8, 4) is 11.5 Å². The zero-order chi connectivity index (χ0) is 13.2. The predicted octanol–water partition coefficient (Wildman–Crippen LogP) is 3.12. The lowest BCUT2D eigenvalue weighted by Gasteiger charge is -2.25. The molecule has 1 saturated carbocycles. The third-order valence-corrected chi connectivity index (χ3v) is 4.35. The second kappa shape index (κ2) is 5.59. The highest BCUT2D eigenvalue weighted by atomic mass is 35.5. The van der Waals surface area contributed by atoms with Crippen LogP contribution in [0.4, 0.5) is 0 Å². The zero-order valence-corrected chi connectivity index (χ0v) is 12.0. The summed E-state index contributed by atoms with van der Waals surface area (Å²) >= 11 is 6.15. The Morgan fingerprint density at radius 3 is 2.74 bits per heavy atom. The SMILES string of the molecule is COc1c(Cl)cccc1OC(C1CC1)[C@H]1CCNC1. The monoisotopic (exact) mass is 281 g/mol. The Labute approximate surface area is 119 Å². The number of ether oxygens (including phenoxy) is 2. The summed E-state index contributed by atoms with van der Waals surface area (Å²) in [6, 6.07) is 5.69. The fraction of sp³-hybridized carbons (Fsp3) is 0.600. The Morgan fingerprint density at radius 2 is 2.11 bits per heavy atom. The summed E-state index contributed by atoms with van der Waals surface area (Å²) in [6.45, 7) is 2.16. The molecule has 1 saturated heterocycles. The van der Waals surface area contributed by atoms with Gasteiger partial charge in [-0.2, -0.15) is 0 Å². The topological polar surface area (TPSA) is 30.5 Å². The van der Waals surface area contributed by atoms with E-state index in [1.165, 1.54) is 19.3 Å². The van der Waals surface area contributed by atoms with Crippen LogP contribution in [0.25, 0.3) is 0 Å². The van der Waals surface area contributed by atoms with Gasteiger partial charge in [0.15, 0.2) is 11.5 Å². The molecule has 0 bridgehead atoms. The largest absolute Gasteiger partial charge is 0.491 e. The molecule has 1 aromatic carbocycles. The lowest BCUT2D eigenvalue weighted by molar-refractivity contribution is 0.116. The van der Waals surface area contributed by atoms with Crippen LogP contribution in [0.15, 0.2) is 18.2 Å². The van der Waals surface area contributed by atoms with Gasteiger partial charge < -0.3 is 14.8 Å². The molecule has 0 radical (unpaired) electrons. The number of para-hydroxylation sites is 1. The fourth-order valence-corrected chi connectivity index (χ4v) is 3.13. The Balaban J connectivity index is 1.79. The van der Waals surface area contributed by atoms with Crippen LogP contribution in [0.5, 0.6) is 11.5 Å². The van der Waals surface area contributed by atoms with Gasteiger partial charge in [-0.05, 0) is 43.9 Å². The van der Waals surface area contributed by atoms with Gasteiger partial charge in [0.2, 0.25) is 0 Å². The van der Waals surface area contributed by atoms with Gasteiger partial charge in [-0.25, -0.2) is 0 Å². The van der Waals surface area contributed by atoms with E-state index in [9.17, 15) is 0 Å². The first kappa shape index (κ1) is 13.1. The molecule has 1 N–H and O–H groups in total. The van der Waals surface area contributed by atoms with Crippen LogP contribution in [0.2, 0.25) is 5.02 Å². The number of hydrogen-bond donors (Lipinski definition) is 1. The van der Waals surface area contributed by atoms with Crippen molar-refractivity contribution in [3.05, 3.63) is 23.2 Å². The van der Waals surface area contributed by atoms with Crippen molar-refractivity contribution < 1.29 is 9.47 Å². The van der Waals surface area contributed by atoms with Crippen LogP contribution in [-0.2, 0) is 0 Å². The number of benzene rings is 1. The van der Waals surface area contributed by atoms with Gasteiger partial charge in [-0.1, -0.05) is 17.7 Å². The van der Waals surface area contributed by atoms with Crippen LogP contribution in [0.1, 0.15) is 19.3 Å². The molecule has 3 rings (SSSR count). The van der Waals surface area contributed by atoms with Gasteiger partial charge in [0, 0.05) is 12.5 Å². The molecule has 1 aliphatic carbocycles. The standard InChI is InChI=1S/C15H20ClNO2/c1-18-15-12(16)3-2-4-13(15)19-14(10-5-6-10)11-7-8-17-9-11/h2-4,10-11,14,17H,5-9H2,1H3/t11-,14?/m0/s1. The molecule has 0 spiro atoms. The van der Waals surface area contributed by atoms with E-state index in [0.29, 0.717) is 28.7 Å². The van der Waals surface area contributed by atoms with Gasteiger partial charge in [0.05, 0.1) is 12.1 Å². The first-order valence-corrected chi connectivity index (χ1v) is 7.37. The first-order chi connectivity index (χ1) is 9.29. The van der Waals surface area contributed by atoms with E-state index in [-0.39, 0.29) is 0 Å². The quantitative estimate of drug-likeness (QED) is 0.900. The third-order valence-electron chi connectivity index (χ3n) is 4.05. The molecule has 1 heterocycles. The van der Waals surface area contributed by atoms with Gasteiger partial charge >= 0.3 is 0 Å². The van der Waals surface area contributed by atoms with Crippen LogP contribution in [0, 0.1) is 11.8 Å². The minimum absolute atomic E-state index is 0.294. The van der Waals surface area contributed by atoms with Crippen molar-refractivity contribution in [1.29, 1.82) is 0 Å². The molecular weight excluding hydrogens is 262 g/mol. The van der Waals surface area contributed by atoms with E-state index in [1.54, 1.807) is 7.11 Å². The molecule has 1 aliphatic heterocycles. The van der Waals surface area contributed by atoms with Gasteiger partial charge in [-0.3, -0.25) is 0 Å². The molecule has 1 unspecified atom stereocenters. The molecule has 2 fully saturated rings. The maximum atomic E-state index is 6.28. The smallest absolute Gasteiger partial charge is 0.179 e. The second-order valence-corrected chi connectivity index (χ2v) is 5.85. The normalized spacial score (nSPS) is 24.2. The number of methoxy groups -OCH3 is 1. The van der Waals surface area contributed by atoms with Crippen LogP contribution < -0.4 is 14.8 Å². The van der Waals surface area contributed by atoms with Crippen molar-refractivity contribution in [2.45, 2.75) is 25.4 Å². The molecule has 1 aromatic rings. The maximum absolute atomic E-state index is 6.28. The van der Waals surface area contributed by atoms with Crippen molar-refractivity contribution in [2.75, 3.05) is 20.2 Å². The molecule has 19 heavy (non-hydrogen) atoms. The summed E-state index contributed by atoms with van der Waals surface area (Å²) < 4.78 is 11.6. The summed E-state index contributed by atoms with van der Waals surface area (Å²) in [4.78, 5) is 0. The van der Waals surface area contributed by atoms with E-state index in [0.717, 1.165) is 18.8 Å². The zero-order valence-electron chi connectivity index (χ0n) is 11.2.